The molecule has 1 aromatic carbocycles. The number of carboxylic acids is 1. The zero-order valence-corrected chi connectivity index (χ0v) is 13.4. The van der Waals surface area contributed by atoms with Crippen LogP contribution in [0.1, 0.15) is 15.4 Å². The van der Waals surface area contributed by atoms with E-state index >= 15 is 0 Å². The fourth-order valence-corrected chi connectivity index (χ4v) is 3.96. The van der Waals surface area contributed by atoms with Crippen molar-refractivity contribution >= 4 is 50.5 Å². The third-order valence-electron chi connectivity index (χ3n) is 2.44. The fourth-order valence-electron chi connectivity index (χ4n) is 1.47. The third-order valence-corrected chi connectivity index (χ3v) is 5.40. The number of hydrogen-bond acceptors (Lipinski definition) is 5. The monoisotopic (exact) mass is 366 g/mol. The summed E-state index contributed by atoms with van der Waals surface area (Å²) in [5, 5.41) is 11.0. The number of carboxylic acid groups (broad SMARTS) is 1. The van der Waals surface area contributed by atoms with E-state index < -0.39 is 16.0 Å². The van der Waals surface area contributed by atoms with E-state index in [1.54, 1.807) is 11.6 Å². The summed E-state index contributed by atoms with van der Waals surface area (Å²) >= 11 is 12.8. The molecule has 21 heavy (non-hydrogen) atoms. The number of nitrogens with zero attached hydrogens (tertiary/aromatic N) is 1. The SMILES string of the molecule is O=C(O)c1cc(S(=O)(=O)NCc2nccs2)c(Cl)cc1Cl. The lowest BCUT2D eigenvalue weighted by Gasteiger charge is -2.09. The van der Waals surface area contributed by atoms with Crippen LogP contribution in [0, 0.1) is 0 Å². The zero-order valence-electron chi connectivity index (χ0n) is 10.2. The molecule has 0 amide bonds. The van der Waals surface area contributed by atoms with E-state index in [9.17, 15) is 13.2 Å². The van der Waals surface area contributed by atoms with E-state index in [2.05, 4.69) is 9.71 Å². The number of rotatable bonds is 5. The van der Waals surface area contributed by atoms with Gasteiger partial charge in [-0.15, -0.1) is 11.3 Å². The molecule has 0 bridgehead atoms. The summed E-state index contributed by atoms with van der Waals surface area (Å²) < 4.78 is 26.7. The number of aromatic nitrogens is 1. The second-order valence-electron chi connectivity index (χ2n) is 3.82. The molecule has 0 fully saturated rings. The highest BCUT2D eigenvalue weighted by molar-refractivity contribution is 7.89. The summed E-state index contributed by atoms with van der Waals surface area (Å²) in [5.74, 6) is -1.34. The van der Waals surface area contributed by atoms with Gasteiger partial charge in [0, 0.05) is 11.6 Å². The normalized spacial score (nSPS) is 11.5. The first-order chi connectivity index (χ1) is 9.81. The van der Waals surface area contributed by atoms with Gasteiger partial charge in [-0.1, -0.05) is 23.2 Å². The van der Waals surface area contributed by atoms with Crippen molar-refractivity contribution in [2.75, 3.05) is 0 Å². The molecule has 0 radical (unpaired) electrons. The first-order valence-electron chi connectivity index (χ1n) is 5.41. The van der Waals surface area contributed by atoms with Gasteiger partial charge in [0.15, 0.2) is 0 Å². The molecule has 0 saturated heterocycles. The summed E-state index contributed by atoms with van der Waals surface area (Å²) in [6.45, 7) is -0.0125. The second-order valence-corrected chi connectivity index (χ2v) is 7.35. The summed E-state index contributed by atoms with van der Waals surface area (Å²) in [7, 11) is -3.98. The van der Waals surface area contributed by atoms with Crippen molar-refractivity contribution < 1.29 is 18.3 Å². The summed E-state index contributed by atoms with van der Waals surface area (Å²) in [6, 6.07) is 2.02. The number of hydrogen-bond donors (Lipinski definition) is 2. The molecule has 112 valence electrons. The van der Waals surface area contributed by atoms with Gasteiger partial charge in [0.05, 0.1) is 22.2 Å². The van der Waals surface area contributed by atoms with Crippen molar-refractivity contribution in [1.29, 1.82) is 0 Å². The van der Waals surface area contributed by atoms with Gasteiger partial charge in [-0.2, -0.15) is 0 Å². The van der Waals surface area contributed by atoms with Gasteiger partial charge in [-0.25, -0.2) is 22.9 Å². The minimum atomic E-state index is -3.98. The van der Waals surface area contributed by atoms with Crippen LogP contribution in [0.2, 0.25) is 10.0 Å². The first kappa shape index (κ1) is 16.2. The predicted octanol–water partition coefficient (Wildman–Crippen LogP) is 2.63. The quantitative estimate of drug-likeness (QED) is 0.847. The zero-order chi connectivity index (χ0) is 15.6. The molecule has 2 rings (SSSR count). The van der Waals surface area contributed by atoms with Gasteiger partial charge in [0.1, 0.15) is 9.90 Å². The number of nitrogens with one attached hydrogen (secondary N) is 1. The molecule has 2 aromatic rings. The molecular formula is C11H8Cl2N2O4S2. The van der Waals surface area contributed by atoms with Crippen molar-refractivity contribution in [2.24, 2.45) is 0 Å². The van der Waals surface area contributed by atoms with Crippen LogP contribution in [0.5, 0.6) is 0 Å². The maximum absolute atomic E-state index is 12.2. The topological polar surface area (TPSA) is 96.4 Å². The Morgan fingerprint density at radius 1 is 1.33 bits per heavy atom. The summed E-state index contributed by atoms with van der Waals surface area (Å²) in [6.07, 6.45) is 1.55. The molecule has 0 unspecified atom stereocenters. The Bertz CT molecular complexity index is 776. The number of thiazole rings is 1. The van der Waals surface area contributed by atoms with Gasteiger partial charge in [0.2, 0.25) is 10.0 Å². The van der Waals surface area contributed by atoms with Crippen molar-refractivity contribution in [1.82, 2.24) is 9.71 Å². The number of carbonyl (C=O) groups is 1. The standard InChI is InChI=1S/C11H8Cl2N2O4S2/c12-7-4-8(13)9(3-6(7)11(16)17)21(18,19)15-5-10-14-1-2-20-10/h1-4,15H,5H2,(H,16,17). The van der Waals surface area contributed by atoms with E-state index in [0.717, 1.165) is 12.1 Å². The lowest BCUT2D eigenvalue weighted by Crippen LogP contribution is -2.24. The van der Waals surface area contributed by atoms with Crippen molar-refractivity contribution in [3.8, 4) is 0 Å². The van der Waals surface area contributed by atoms with Crippen LogP contribution in [0.25, 0.3) is 0 Å². The van der Waals surface area contributed by atoms with Crippen LogP contribution >= 0.6 is 34.5 Å². The Kier molecular flexibility index (Phi) is 4.84. The maximum atomic E-state index is 12.2. The highest BCUT2D eigenvalue weighted by Gasteiger charge is 2.22. The van der Waals surface area contributed by atoms with Gasteiger partial charge < -0.3 is 5.11 Å². The molecule has 0 aliphatic carbocycles. The highest BCUT2D eigenvalue weighted by Crippen LogP contribution is 2.28. The first-order valence-corrected chi connectivity index (χ1v) is 8.53. The molecule has 10 heteroatoms. The van der Waals surface area contributed by atoms with Crippen LogP contribution in [0.3, 0.4) is 0 Å². The van der Waals surface area contributed by atoms with Crippen molar-refractivity contribution in [2.45, 2.75) is 11.4 Å². The molecule has 2 N–H and O–H groups in total. The van der Waals surface area contributed by atoms with Gasteiger partial charge in [0.25, 0.3) is 0 Å². The molecule has 0 aliphatic rings. The Morgan fingerprint density at radius 3 is 2.62 bits per heavy atom. The minimum absolute atomic E-state index is 0.0125. The number of halogens is 2. The molecule has 1 aromatic heterocycles. The molecule has 0 spiro atoms. The van der Waals surface area contributed by atoms with Gasteiger partial charge >= 0.3 is 5.97 Å². The predicted molar refractivity (Wildman–Crippen MR) is 79.6 cm³/mol. The van der Waals surface area contributed by atoms with Crippen LogP contribution in [0.4, 0.5) is 0 Å². The van der Waals surface area contributed by atoms with Crippen molar-refractivity contribution in [3.63, 3.8) is 0 Å². The highest BCUT2D eigenvalue weighted by atomic mass is 35.5. The van der Waals surface area contributed by atoms with Gasteiger partial charge in [-0.3, -0.25) is 0 Å². The van der Waals surface area contributed by atoms with Crippen LogP contribution in [0.15, 0.2) is 28.6 Å². The molecular weight excluding hydrogens is 359 g/mol. The lowest BCUT2D eigenvalue weighted by atomic mass is 10.2. The van der Waals surface area contributed by atoms with E-state index in [4.69, 9.17) is 28.3 Å². The number of benzene rings is 1. The van der Waals surface area contributed by atoms with Crippen molar-refractivity contribution in [3.05, 3.63) is 44.3 Å². The smallest absolute Gasteiger partial charge is 0.337 e. The number of sulfonamides is 1. The molecule has 0 atom stereocenters. The average molecular weight is 367 g/mol. The van der Waals surface area contributed by atoms with Gasteiger partial charge in [-0.05, 0) is 12.1 Å². The summed E-state index contributed by atoms with van der Waals surface area (Å²) in [4.78, 5) is 14.6. The minimum Gasteiger partial charge on any atom is -0.478 e. The molecule has 1 heterocycles. The molecule has 0 aliphatic heterocycles. The lowest BCUT2D eigenvalue weighted by molar-refractivity contribution is 0.0697. The Morgan fingerprint density at radius 2 is 2.05 bits per heavy atom. The largest absolute Gasteiger partial charge is 0.478 e. The van der Waals surface area contributed by atoms with Crippen LogP contribution in [-0.4, -0.2) is 24.5 Å². The molecule has 0 saturated carbocycles. The van der Waals surface area contributed by atoms with Crippen LogP contribution < -0.4 is 4.72 Å². The summed E-state index contributed by atoms with van der Waals surface area (Å²) in [5.41, 5.74) is -0.337. The van der Waals surface area contributed by atoms with Crippen LogP contribution in [-0.2, 0) is 16.6 Å². The second kappa shape index (κ2) is 6.29. The average Bonchev–Trinajstić information content (AvgIpc) is 2.88. The fraction of sp³-hybridized carbons (Fsp3) is 0.0909. The Labute approximate surface area is 134 Å². The maximum Gasteiger partial charge on any atom is 0.337 e. The van der Waals surface area contributed by atoms with E-state index in [0.29, 0.717) is 5.01 Å². The third kappa shape index (κ3) is 3.72. The van der Waals surface area contributed by atoms with E-state index in [1.807, 2.05) is 0 Å². The Balaban J connectivity index is 2.35. The van der Waals surface area contributed by atoms with E-state index in [1.165, 1.54) is 11.3 Å². The van der Waals surface area contributed by atoms with E-state index in [-0.39, 0.29) is 27.0 Å². The Hall–Kier alpha value is -1.19. The molecule has 6 nitrogen and oxygen atoms in total. The number of aromatic carboxylic acids is 1.